The van der Waals surface area contributed by atoms with E-state index >= 15 is 0 Å². The number of aromatic nitrogens is 2. The first kappa shape index (κ1) is 27.8. The molecule has 0 radical (unpaired) electrons. The molecule has 0 saturated carbocycles. The number of hydrogen-bond acceptors (Lipinski definition) is 7. The highest BCUT2D eigenvalue weighted by atomic mass is 32.2. The lowest BCUT2D eigenvalue weighted by molar-refractivity contribution is 0.0496. The van der Waals surface area contributed by atoms with Crippen molar-refractivity contribution in [1.82, 2.24) is 19.4 Å². The molecule has 36 heavy (non-hydrogen) atoms. The highest BCUT2D eigenvalue weighted by molar-refractivity contribution is 7.89. The van der Waals surface area contributed by atoms with Crippen LogP contribution >= 0.6 is 0 Å². The second-order valence-corrected chi connectivity index (χ2v) is 11.0. The minimum absolute atomic E-state index is 0.0756. The summed E-state index contributed by atoms with van der Waals surface area (Å²) < 4.78 is 38.4. The van der Waals surface area contributed by atoms with Crippen LogP contribution in [0.3, 0.4) is 0 Å². The van der Waals surface area contributed by atoms with Crippen LogP contribution in [-0.2, 0) is 38.9 Å². The maximum Gasteiger partial charge on any atom is 0.338 e. The number of nitrogens with zero attached hydrogens (tertiary/aromatic N) is 3. The predicted octanol–water partition coefficient (Wildman–Crippen LogP) is 2.42. The quantitative estimate of drug-likeness (QED) is 0.398. The number of amides is 1. The number of sulfonamides is 1. The third-order valence-corrected chi connectivity index (χ3v) is 7.84. The average molecular weight is 521 g/mol. The number of benzene rings is 1. The molecular formula is C25H36N4O6S. The average Bonchev–Trinajstić information content (AvgIpc) is 3.20. The smallest absolute Gasteiger partial charge is 0.338 e. The van der Waals surface area contributed by atoms with Gasteiger partial charge in [-0.3, -0.25) is 9.48 Å². The van der Waals surface area contributed by atoms with Crippen LogP contribution in [0.1, 0.15) is 64.7 Å². The molecule has 3 rings (SSSR count). The molecule has 2 aromatic rings. The van der Waals surface area contributed by atoms with Crippen LogP contribution < -0.4 is 5.32 Å². The first-order valence-corrected chi connectivity index (χ1v) is 13.8. The Morgan fingerprint density at radius 1 is 1.17 bits per heavy atom. The van der Waals surface area contributed by atoms with E-state index in [4.69, 9.17) is 14.6 Å². The van der Waals surface area contributed by atoms with Gasteiger partial charge in [0.25, 0.3) is 5.91 Å². The molecule has 2 heterocycles. The summed E-state index contributed by atoms with van der Waals surface area (Å²) in [6, 6.07) is 5.70. The lowest BCUT2D eigenvalue weighted by atomic mass is 10.1. The number of rotatable bonds is 9. The molecule has 10 nitrogen and oxygen atoms in total. The summed E-state index contributed by atoms with van der Waals surface area (Å²) in [6.45, 7) is 4.71. The van der Waals surface area contributed by atoms with Crippen molar-refractivity contribution in [3.05, 3.63) is 46.8 Å². The van der Waals surface area contributed by atoms with Crippen LogP contribution in [0.2, 0.25) is 0 Å². The zero-order valence-corrected chi connectivity index (χ0v) is 22.1. The van der Waals surface area contributed by atoms with Gasteiger partial charge < -0.3 is 14.8 Å². The maximum atomic E-state index is 12.8. The number of fused-ring (bicyclic) bond motifs is 1. The standard InChI is InChI=1S/C25H36N4O6S/c1-4-21-23-22(9-7-16-34-17-8-14-26-24(23)30)29(27-21)15-5-6-18-35-25(31)19-10-12-20(13-11-19)36(32,33)28(2)3/h10-13H,4-9,14-18H2,1-3H3,(H,26,30). The van der Waals surface area contributed by atoms with Crippen LogP contribution in [0.15, 0.2) is 29.2 Å². The van der Waals surface area contributed by atoms with Gasteiger partial charge in [-0.25, -0.2) is 17.5 Å². The Morgan fingerprint density at radius 2 is 1.89 bits per heavy atom. The monoisotopic (exact) mass is 520 g/mol. The Morgan fingerprint density at radius 3 is 2.58 bits per heavy atom. The summed E-state index contributed by atoms with van der Waals surface area (Å²) in [5.41, 5.74) is 2.71. The Kier molecular flexibility index (Phi) is 10.0. The number of carbonyl (C=O) groups excluding carboxylic acids is 2. The molecular weight excluding hydrogens is 484 g/mol. The third-order valence-electron chi connectivity index (χ3n) is 6.01. The van der Waals surface area contributed by atoms with Gasteiger partial charge in [-0.2, -0.15) is 5.10 Å². The summed E-state index contributed by atoms with van der Waals surface area (Å²) in [6.07, 6.45) is 4.35. The second-order valence-electron chi connectivity index (χ2n) is 8.83. The zero-order chi connectivity index (χ0) is 26.1. The van der Waals surface area contributed by atoms with E-state index in [0.29, 0.717) is 56.7 Å². The van der Waals surface area contributed by atoms with Gasteiger partial charge in [0, 0.05) is 40.4 Å². The SMILES string of the molecule is CCc1nn(CCCCOC(=O)c2ccc(S(=O)(=O)N(C)C)cc2)c2c1C(=O)NCCCOCCC2. The van der Waals surface area contributed by atoms with E-state index in [0.717, 1.165) is 35.0 Å². The third kappa shape index (κ3) is 6.92. The van der Waals surface area contributed by atoms with Crippen molar-refractivity contribution in [2.24, 2.45) is 0 Å². The van der Waals surface area contributed by atoms with Crippen molar-refractivity contribution in [3.8, 4) is 0 Å². The zero-order valence-electron chi connectivity index (χ0n) is 21.3. The summed E-state index contributed by atoms with van der Waals surface area (Å²) in [4.78, 5) is 25.3. The van der Waals surface area contributed by atoms with Crippen LogP contribution in [0.5, 0.6) is 0 Å². The van der Waals surface area contributed by atoms with Crippen LogP contribution in [0.4, 0.5) is 0 Å². The number of aryl methyl sites for hydroxylation is 2. The first-order chi connectivity index (χ1) is 17.3. The summed E-state index contributed by atoms with van der Waals surface area (Å²) in [5, 5.41) is 7.68. The molecule has 1 aromatic carbocycles. The minimum atomic E-state index is -3.55. The number of unbranched alkanes of at least 4 members (excludes halogenated alkanes) is 1. The van der Waals surface area contributed by atoms with Crippen molar-refractivity contribution in [1.29, 1.82) is 0 Å². The van der Waals surface area contributed by atoms with E-state index in [-0.39, 0.29) is 17.4 Å². The molecule has 0 spiro atoms. The molecule has 11 heteroatoms. The Hall–Kier alpha value is -2.76. The van der Waals surface area contributed by atoms with Crippen molar-refractivity contribution in [3.63, 3.8) is 0 Å². The van der Waals surface area contributed by atoms with E-state index in [1.165, 1.54) is 38.4 Å². The molecule has 0 fully saturated rings. The van der Waals surface area contributed by atoms with Crippen molar-refractivity contribution >= 4 is 21.9 Å². The number of nitrogens with one attached hydrogen (secondary N) is 1. The van der Waals surface area contributed by atoms with Crippen molar-refractivity contribution in [2.45, 2.75) is 56.9 Å². The molecule has 1 aliphatic heterocycles. The molecule has 1 amide bonds. The van der Waals surface area contributed by atoms with Crippen molar-refractivity contribution < 1.29 is 27.5 Å². The summed E-state index contributed by atoms with van der Waals surface area (Å²) in [7, 11) is -0.641. The fourth-order valence-corrected chi connectivity index (χ4v) is 4.90. The Balaban J connectivity index is 1.55. The largest absolute Gasteiger partial charge is 0.462 e. The lowest BCUT2D eigenvalue weighted by Gasteiger charge is -2.11. The fourth-order valence-electron chi connectivity index (χ4n) is 3.99. The molecule has 0 aliphatic carbocycles. The molecule has 198 valence electrons. The number of ether oxygens (including phenoxy) is 2. The molecule has 0 atom stereocenters. The van der Waals surface area contributed by atoms with Gasteiger partial charge in [0.2, 0.25) is 10.0 Å². The summed E-state index contributed by atoms with van der Waals surface area (Å²) >= 11 is 0. The molecule has 0 bridgehead atoms. The first-order valence-electron chi connectivity index (χ1n) is 12.4. The Labute approximate surface area is 213 Å². The fraction of sp³-hybridized carbons (Fsp3) is 0.560. The molecule has 1 aliphatic rings. The highest BCUT2D eigenvalue weighted by Gasteiger charge is 2.23. The molecule has 0 saturated heterocycles. The topological polar surface area (TPSA) is 120 Å². The van der Waals surface area contributed by atoms with Gasteiger partial charge in [0.05, 0.1) is 34.0 Å². The molecule has 1 N–H and O–H groups in total. The lowest BCUT2D eigenvalue weighted by Crippen LogP contribution is -2.26. The maximum absolute atomic E-state index is 12.8. The van der Waals surface area contributed by atoms with Gasteiger partial charge in [0.15, 0.2) is 0 Å². The van der Waals surface area contributed by atoms with Crippen LogP contribution in [0, 0.1) is 0 Å². The van der Waals surface area contributed by atoms with Crippen LogP contribution in [0.25, 0.3) is 0 Å². The number of esters is 1. The summed E-state index contributed by atoms with van der Waals surface area (Å²) in [5.74, 6) is -0.574. The van der Waals surface area contributed by atoms with Gasteiger partial charge in [-0.05, 0) is 62.8 Å². The normalized spacial score (nSPS) is 15.2. The molecule has 0 unspecified atom stereocenters. The predicted molar refractivity (Wildman–Crippen MR) is 135 cm³/mol. The number of hydrogen-bond donors (Lipinski definition) is 1. The second kappa shape index (κ2) is 13.0. The van der Waals surface area contributed by atoms with Gasteiger partial charge in [-0.1, -0.05) is 6.92 Å². The van der Waals surface area contributed by atoms with Crippen LogP contribution in [-0.4, -0.2) is 74.8 Å². The number of carbonyl (C=O) groups is 2. The minimum Gasteiger partial charge on any atom is -0.462 e. The van der Waals surface area contributed by atoms with E-state index in [1.807, 2.05) is 11.6 Å². The van der Waals surface area contributed by atoms with Gasteiger partial charge in [0.1, 0.15) is 0 Å². The van der Waals surface area contributed by atoms with E-state index in [2.05, 4.69) is 5.32 Å². The van der Waals surface area contributed by atoms with Gasteiger partial charge in [-0.15, -0.1) is 0 Å². The van der Waals surface area contributed by atoms with Crippen molar-refractivity contribution in [2.75, 3.05) is 40.5 Å². The van der Waals surface area contributed by atoms with Gasteiger partial charge >= 0.3 is 5.97 Å². The highest BCUT2D eigenvalue weighted by Crippen LogP contribution is 2.19. The Bertz CT molecular complexity index is 1140. The van der Waals surface area contributed by atoms with E-state index < -0.39 is 16.0 Å². The molecule has 1 aromatic heterocycles. The van der Waals surface area contributed by atoms with E-state index in [9.17, 15) is 18.0 Å². The van der Waals surface area contributed by atoms with E-state index in [1.54, 1.807) is 0 Å².